The standard InChI is InChI=1S/C23H23N5O5S/c1-12(2)28-22-18(20(30)25(4)23(28)32)17(21(31)27-9-15(29)11-33-27)16(34-22)10-26-13(3)8-14-6-5-7-24-19(14)26/h7-8,12,15,29H,9-11H2,1-4H3/t15-/m0/s1. The molecule has 1 saturated heterocycles. The summed E-state index contributed by atoms with van der Waals surface area (Å²) in [6.45, 7) is 5.88. The summed E-state index contributed by atoms with van der Waals surface area (Å²) in [6.07, 6.45) is 0.724. The summed E-state index contributed by atoms with van der Waals surface area (Å²) >= 11 is 1.24. The van der Waals surface area contributed by atoms with Crippen molar-refractivity contribution in [2.24, 2.45) is 7.05 Å². The Hall–Kier alpha value is -3.46. The minimum absolute atomic E-state index is 0.00240. The number of amides is 1. The first-order valence-corrected chi connectivity index (χ1v) is 11.6. The predicted molar refractivity (Wildman–Crippen MR) is 126 cm³/mol. The number of carbonyl (C=O) groups excluding carboxylic acids is 1. The lowest BCUT2D eigenvalue weighted by Crippen LogP contribution is -2.39. The number of hydroxylamine groups is 2. The van der Waals surface area contributed by atoms with Crippen molar-refractivity contribution in [3.8, 4) is 0 Å². The molecule has 1 aliphatic rings. The van der Waals surface area contributed by atoms with Gasteiger partial charge in [0.2, 0.25) is 0 Å². The fourth-order valence-electron chi connectivity index (χ4n) is 4.31. The molecule has 5 rings (SSSR count). The van der Waals surface area contributed by atoms with Gasteiger partial charge in [-0.2, -0.15) is 0 Å². The Morgan fingerprint density at radius 3 is 2.82 bits per heavy atom. The van der Waals surface area contributed by atoms with E-state index in [9.17, 15) is 19.5 Å². The van der Waals surface area contributed by atoms with E-state index < -0.39 is 23.3 Å². The molecule has 176 valence electrons. The first-order chi connectivity index (χ1) is 16.2. The van der Waals surface area contributed by atoms with Gasteiger partial charge in [-0.05, 0) is 32.9 Å². The number of aliphatic hydroxyl groups is 1. The van der Waals surface area contributed by atoms with Crippen LogP contribution in [0.3, 0.4) is 0 Å². The van der Waals surface area contributed by atoms with Gasteiger partial charge in [0, 0.05) is 23.7 Å². The fourth-order valence-corrected chi connectivity index (χ4v) is 5.71. The molecule has 34 heavy (non-hydrogen) atoms. The molecule has 0 unspecified atom stereocenters. The minimum atomic E-state index is -0.805. The average Bonchev–Trinajstić information content (AvgIpc) is 3.47. The largest absolute Gasteiger partial charge is 0.389 e. The Bertz CT molecular complexity index is 1560. The predicted octanol–water partition coefficient (Wildman–Crippen LogP) is 1.40. The number of rotatable bonds is 4. The van der Waals surface area contributed by atoms with Gasteiger partial charge >= 0.3 is 5.69 Å². The molecule has 5 heterocycles. The number of hydrogen-bond donors (Lipinski definition) is 1. The lowest BCUT2D eigenvalue weighted by molar-refractivity contribution is -0.0778. The number of β-amino-alcohol motifs (C(OH)–C–C–N with tert-alkyl or cyclic N) is 1. The van der Waals surface area contributed by atoms with Crippen molar-refractivity contribution in [1.29, 1.82) is 0 Å². The lowest BCUT2D eigenvalue weighted by atomic mass is 10.1. The summed E-state index contributed by atoms with van der Waals surface area (Å²) in [5, 5.41) is 11.9. The maximum Gasteiger partial charge on any atom is 0.332 e. The monoisotopic (exact) mass is 481 g/mol. The molecule has 4 aromatic heterocycles. The normalized spacial score (nSPS) is 16.2. The summed E-state index contributed by atoms with van der Waals surface area (Å²) in [5.41, 5.74) is 0.765. The van der Waals surface area contributed by atoms with E-state index in [0.29, 0.717) is 15.4 Å². The number of carbonyl (C=O) groups is 1. The van der Waals surface area contributed by atoms with Crippen LogP contribution in [0, 0.1) is 19.1 Å². The molecule has 0 saturated carbocycles. The summed E-state index contributed by atoms with van der Waals surface area (Å²) in [6, 6.07) is 7.57. The van der Waals surface area contributed by atoms with E-state index in [0.717, 1.165) is 20.7 Å². The topological polar surface area (TPSA) is 112 Å². The third kappa shape index (κ3) is 3.34. The zero-order chi connectivity index (χ0) is 24.3. The molecular weight excluding hydrogens is 458 g/mol. The molecule has 1 aliphatic heterocycles. The molecule has 0 bridgehead atoms. The molecule has 4 aromatic rings. The van der Waals surface area contributed by atoms with Crippen molar-refractivity contribution in [2.75, 3.05) is 13.2 Å². The number of aryl methyl sites for hydroxylation is 1. The van der Waals surface area contributed by atoms with Gasteiger partial charge < -0.3 is 9.67 Å². The number of hydrogen-bond acceptors (Lipinski definition) is 7. The van der Waals surface area contributed by atoms with Crippen molar-refractivity contribution in [3.63, 3.8) is 0 Å². The number of nitrogens with zero attached hydrogens (tertiary/aromatic N) is 5. The Balaban J connectivity index is 1.80. The molecule has 11 heteroatoms. The van der Waals surface area contributed by atoms with Crippen molar-refractivity contribution in [3.05, 3.63) is 61.4 Å². The van der Waals surface area contributed by atoms with Crippen LogP contribution in [0.1, 0.15) is 40.8 Å². The van der Waals surface area contributed by atoms with Crippen LogP contribution in [0.4, 0.5) is 0 Å². The third-order valence-electron chi connectivity index (χ3n) is 5.98. The van der Waals surface area contributed by atoms with Gasteiger partial charge in [-0.3, -0.25) is 23.6 Å². The van der Waals surface area contributed by atoms with Crippen molar-refractivity contribution >= 4 is 38.5 Å². The van der Waals surface area contributed by atoms with Crippen molar-refractivity contribution in [2.45, 2.75) is 39.5 Å². The number of fused-ring (bicyclic) bond motifs is 2. The highest BCUT2D eigenvalue weighted by molar-refractivity contribution is 7.19. The van der Waals surface area contributed by atoms with Crippen LogP contribution in [0.25, 0.3) is 21.3 Å². The van der Waals surface area contributed by atoms with Crippen molar-refractivity contribution < 1.29 is 14.7 Å². The second kappa shape index (κ2) is 8.09. The Kier molecular flexibility index (Phi) is 5.31. The first kappa shape index (κ1) is 22.3. The zero-order valence-corrected chi connectivity index (χ0v) is 20.0. The molecule has 0 radical (unpaired) electrons. The molecule has 1 fully saturated rings. The number of thiophene rings is 1. The van der Waals surface area contributed by atoms with E-state index in [-0.39, 0.29) is 36.7 Å². The van der Waals surface area contributed by atoms with E-state index in [4.69, 9.17) is 4.84 Å². The van der Waals surface area contributed by atoms with Crippen LogP contribution < -0.4 is 11.2 Å². The SMILES string of the molecule is Cc1cc2c#ccnc2n1Cc1sc2c(c1C(=O)N1C[C@H](O)CO1)c(=O)n(C)c(=O)n2C(C)C. The van der Waals surface area contributed by atoms with Crippen LogP contribution in [0.5, 0.6) is 0 Å². The van der Waals surface area contributed by atoms with Crippen LogP contribution in [0.15, 0.2) is 21.9 Å². The van der Waals surface area contributed by atoms with Crippen LogP contribution in [-0.4, -0.2) is 54.0 Å². The fraction of sp³-hybridized carbons (Fsp3) is 0.391. The van der Waals surface area contributed by atoms with Gasteiger partial charge in [-0.25, -0.2) is 14.8 Å². The van der Waals surface area contributed by atoms with Crippen molar-refractivity contribution in [1.82, 2.24) is 23.7 Å². The number of aliphatic hydroxyl groups excluding tert-OH is 1. The molecule has 1 amide bonds. The second-order valence-electron chi connectivity index (χ2n) is 8.64. The Labute approximate surface area is 198 Å². The quantitative estimate of drug-likeness (QED) is 0.472. The summed E-state index contributed by atoms with van der Waals surface area (Å²) < 4.78 is 4.49. The molecule has 0 aromatic carbocycles. The highest BCUT2D eigenvalue weighted by atomic mass is 32.1. The van der Waals surface area contributed by atoms with Gasteiger partial charge in [0.15, 0.2) is 0 Å². The van der Waals surface area contributed by atoms with E-state index >= 15 is 0 Å². The van der Waals surface area contributed by atoms with E-state index in [1.165, 1.54) is 29.1 Å². The smallest absolute Gasteiger partial charge is 0.332 e. The van der Waals surface area contributed by atoms with Crippen LogP contribution in [-0.2, 0) is 18.4 Å². The molecule has 0 aliphatic carbocycles. The van der Waals surface area contributed by atoms with E-state index in [2.05, 4.69) is 17.1 Å². The van der Waals surface area contributed by atoms with Gasteiger partial charge in [-0.1, -0.05) is 6.07 Å². The number of aromatic nitrogens is 4. The van der Waals surface area contributed by atoms with Gasteiger partial charge in [0.1, 0.15) is 23.2 Å². The summed E-state index contributed by atoms with van der Waals surface area (Å²) in [4.78, 5) is 50.7. The Morgan fingerprint density at radius 1 is 1.38 bits per heavy atom. The molecule has 1 atom stereocenters. The van der Waals surface area contributed by atoms with E-state index in [1.807, 2.05) is 31.4 Å². The lowest BCUT2D eigenvalue weighted by Gasteiger charge is -2.16. The molecule has 1 N–H and O–H groups in total. The maximum absolute atomic E-state index is 13.6. The summed E-state index contributed by atoms with van der Waals surface area (Å²) in [7, 11) is 1.41. The Morgan fingerprint density at radius 2 is 2.15 bits per heavy atom. The first-order valence-electron chi connectivity index (χ1n) is 10.8. The van der Waals surface area contributed by atoms with Crippen LogP contribution in [0.2, 0.25) is 0 Å². The van der Waals surface area contributed by atoms with Crippen LogP contribution >= 0.6 is 11.3 Å². The average molecular weight is 482 g/mol. The third-order valence-corrected chi connectivity index (χ3v) is 7.16. The molecular formula is C23H23N5O5S. The zero-order valence-electron chi connectivity index (χ0n) is 19.2. The summed E-state index contributed by atoms with van der Waals surface area (Å²) in [5.74, 6) is -0.522. The second-order valence-corrected chi connectivity index (χ2v) is 9.73. The maximum atomic E-state index is 13.6. The minimum Gasteiger partial charge on any atom is -0.389 e. The highest BCUT2D eigenvalue weighted by Gasteiger charge is 2.33. The van der Waals surface area contributed by atoms with Gasteiger partial charge in [0.05, 0.1) is 35.6 Å². The van der Waals surface area contributed by atoms with Gasteiger partial charge in [0.25, 0.3) is 11.5 Å². The molecule has 10 nitrogen and oxygen atoms in total. The van der Waals surface area contributed by atoms with E-state index in [1.54, 1.807) is 0 Å². The molecule has 0 spiro atoms. The highest BCUT2D eigenvalue weighted by Crippen LogP contribution is 2.33. The van der Waals surface area contributed by atoms with Gasteiger partial charge in [-0.15, -0.1) is 11.3 Å².